The third kappa shape index (κ3) is 3.53. The highest BCUT2D eigenvalue weighted by Gasteiger charge is 2.06. The van der Waals surface area contributed by atoms with Gasteiger partial charge in [-0.25, -0.2) is 0 Å². The molecule has 4 heteroatoms. The van der Waals surface area contributed by atoms with Crippen LogP contribution in [0.4, 0.5) is 0 Å². The van der Waals surface area contributed by atoms with E-state index in [1.807, 2.05) is 11.4 Å². The van der Waals surface area contributed by atoms with Crippen LogP contribution in [0.25, 0.3) is 0 Å². The lowest BCUT2D eigenvalue weighted by Crippen LogP contribution is -2.19. The Bertz CT molecular complexity index is 341. The second kappa shape index (κ2) is 4.81. The summed E-state index contributed by atoms with van der Waals surface area (Å²) < 4.78 is 0. The van der Waals surface area contributed by atoms with Gasteiger partial charge in [0.1, 0.15) is 0 Å². The Labute approximate surface area is 80.9 Å². The van der Waals surface area contributed by atoms with Crippen LogP contribution in [0.5, 0.6) is 5.75 Å². The first-order chi connectivity index (χ1) is 6.68. The average Bonchev–Trinajstić information content (AvgIpc) is 2.52. The molecule has 0 atom stereocenters. The number of nitrogens with one attached hydrogen (secondary N) is 1. The molecule has 1 heterocycles. The van der Waals surface area contributed by atoms with Gasteiger partial charge < -0.3 is 5.11 Å². The zero-order valence-electron chi connectivity index (χ0n) is 7.27. The Hall–Kier alpha value is -2.10. The maximum Gasteiger partial charge on any atom is 0.250 e. The van der Waals surface area contributed by atoms with Crippen molar-refractivity contribution >= 4 is 11.8 Å². The topological polar surface area (TPSA) is 69.2 Å². The highest BCUT2D eigenvalue weighted by molar-refractivity contribution is 6.12. The summed E-state index contributed by atoms with van der Waals surface area (Å²) in [6.45, 7) is 0. The van der Waals surface area contributed by atoms with Crippen LogP contribution in [0.2, 0.25) is 0 Å². The third-order valence-electron chi connectivity index (χ3n) is 1.38. The van der Waals surface area contributed by atoms with Crippen LogP contribution in [0, 0.1) is 0 Å². The summed E-state index contributed by atoms with van der Waals surface area (Å²) in [6.07, 6.45) is 2.39. The molecule has 0 aliphatic carbocycles. The highest BCUT2D eigenvalue weighted by atomic mass is 16.3. The minimum Gasteiger partial charge on any atom is -0.872 e. The number of rotatable bonds is 0. The molecule has 0 bridgehead atoms. The van der Waals surface area contributed by atoms with E-state index < -0.39 is 0 Å². The van der Waals surface area contributed by atoms with Gasteiger partial charge in [0, 0.05) is 12.2 Å². The SMILES string of the molecule is O=C1C=CC(=O)N1.[O-]c1ccccc1. The summed E-state index contributed by atoms with van der Waals surface area (Å²) in [7, 11) is 0. The van der Waals surface area contributed by atoms with Crippen LogP contribution in [0.15, 0.2) is 42.5 Å². The number of hydrogen-bond acceptors (Lipinski definition) is 3. The zero-order chi connectivity index (χ0) is 10.4. The summed E-state index contributed by atoms with van der Waals surface area (Å²) >= 11 is 0. The molecule has 14 heavy (non-hydrogen) atoms. The van der Waals surface area contributed by atoms with Gasteiger partial charge in [0.2, 0.25) is 0 Å². The standard InChI is InChI=1S/C6H6O.C4H3NO2/c7-6-4-2-1-3-5-6;6-3-1-2-4(7)5-3/h1-5,7H;1-2H,(H,5,6,7)/p-1. The van der Waals surface area contributed by atoms with E-state index in [-0.39, 0.29) is 17.6 Å². The van der Waals surface area contributed by atoms with E-state index in [1.54, 1.807) is 12.1 Å². The first kappa shape index (κ1) is 9.98. The van der Waals surface area contributed by atoms with Gasteiger partial charge in [-0.15, -0.1) is 5.75 Å². The fraction of sp³-hybridized carbons (Fsp3) is 0. The molecular formula is C10H8NO3-. The summed E-state index contributed by atoms with van der Waals surface area (Å²) in [5, 5.41) is 12.3. The summed E-state index contributed by atoms with van der Waals surface area (Å²) in [5.74, 6) is -0.586. The molecule has 0 unspecified atom stereocenters. The van der Waals surface area contributed by atoms with Gasteiger partial charge >= 0.3 is 0 Å². The van der Waals surface area contributed by atoms with Gasteiger partial charge in [-0.1, -0.05) is 30.3 Å². The Morgan fingerprint density at radius 2 is 1.43 bits per heavy atom. The van der Waals surface area contributed by atoms with Crippen LogP contribution in [-0.2, 0) is 9.59 Å². The maximum atomic E-state index is 10.3. The molecule has 0 spiro atoms. The second-order valence-corrected chi connectivity index (χ2v) is 2.50. The molecule has 1 aromatic carbocycles. The van der Waals surface area contributed by atoms with Crippen molar-refractivity contribution in [3.63, 3.8) is 0 Å². The number of amides is 2. The maximum absolute atomic E-state index is 10.3. The molecular weight excluding hydrogens is 182 g/mol. The average molecular weight is 190 g/mol. The minimum absolute atomic E-state index is 0.0718. The van der Waals surface area contributed by atoms with Gasteiger partial charge in [-0.2, -0.15) is 0 Å². The monoisotopic (exact) mass is 190 g/mol. The minimum atomic E-state index is -0.329. The highest BCUT2D eigenvalue weighted by Crippen LogP contribution is 1.98. The smallest absolute Gasteiger partial charge is 0.250 e. The van der Waals surface area contributed by atoms with Crippen molar-refractivity contribution < 1.29 is 14.7 Å². The van der Waals surface area contributed by atoms with E-state index in [0.717, 1.165) is 0 Å². The van der Waals surface area contributed by atoms with Crippen molar-refractivity contribution in [1.82, 2.24) is 5.32 Å². The van der Waals surface area contributed by atoms with Crippen molar-refractivity contribution in [2.24, 2.45) is 0 Å². The van der Waals surface area contributed by atoms with E-state index in [1.165, 1.54) is 24.3 Å². The molecule has 2 rings (SSSR count). The molecule has 1 aliphatic heterocycles. The summed E-state index contributed by atoms with van der Waals surface area (Å²) in [4.78, 5) is 20.1. The Morgan fingerprint density at radius 3 is 1.64 bits per heavy atom. The molecule has 0 aromatic heterocycles. The Morgan fingerprint density at radius 1 is 0.929 bits per heavy atom. The molecule has 1 aromatic rings. The van der Waals surface area contributed by atoms with E-state index in [0.29, 0.717) is 0 Å². The largest absolute Gasteiger partial charge is 0.872 e. The summed E-state index contributed by atoms with van der Waals surface area (Å²) in [5.41, 5.74) is 0. The van der Waals surface area contributed by atoms with E-state index in [4.69, 9.17) is 0 Å². The van der Waals surface area contributed by atoms with Crippen molar-refractivity contribution in [3.05, 3.63) is 42.5 Å². The number of imide groups is 1. The molecule has 1 aliphatic rings. The number of hydrogen-bond donors (Lipinski definition) is 1. The molecule has 1 N–H and O–H groups in total. The van der Waals surface area contributed by atoms with Crippen molar-refractivity contribution in [3.8, 4) is 5.75 Å². The first-order valence-corrected chi connectivity index (χ1v) is 3.93. The van der Waals surface area contributed by atoms with Crippen LogP contribution in [-0.4, -0.2) is 11.8 Å². The fourth-order valence-corrected chi connectivity index (χ4v) is 0.777. The lowest BCUT2D eigenvalue weighted by Gasteiger charge is -1.98. The molecule has 72 valence electrons. The number of carbonyl (C=O) groups is 2. The van der Waals surface area contributed by atoms with Crippen molar-refractivity contribution in [1.29, 1.82) is 0 Å². The van der Waals surface area contributed by atoms with Gasteiger partial charge in [0.25, 0.3) is 11.8 Å². The first-order valence-electron chi connectivity index (χ1n) is 3.93. The predicted octanol–water partition coefficient (Wildman–Crippen LogP) is -0.0408. The fourth-order valence-electron chi connectivity index (χ4n) is 0.777. The van der Waals surface area contributed by atoms with Crippen LogP contribution >= 0.6 is 0 Å². The molecule has 0 radical (unpaired) electrons. The normalized spacial score (nSPS) is 13.1. The lowest BCUT2D eigenvalue weighted by molar-refractivity contribution is -0.268. The number of benzene rings is 1. The zero-order valence-corrected chi connectivity index (χ0v) is 7.27. The van der Waals surface area contributed by atoms with Crippen LogP contribution in [0.3, 0.4) is 0 Å². The van der Waals surface area contributed by atoms with E-state index in [9.17, 15) is 14.7 Å². The lowest BCUT2D eigenvalue weighted by atomic mass is 10.3. The number of carbonyl (C=O) groups excluding carboxylic acids is 2. The molecule has 0 saturated heterocycles. The Balaban J connectivity index is 0.000000140. The van der Waals surface area contributed by atoms with Crippen LogP contribution < -0.4 is 10.4 Å². The van der Waals surface area contributed by atoms with Gasteiger partial charge in [-0.05, 0) is 0 Å². The molecule has 0 fully saturated rings. The molecule has 0 saturated carbocycles. The third-order valence-corrected chi connectivity index (χ3v) is 1.38. The van der Waals surface area contributed by atoms with Gasteiger partial charge in [0.15, 0.2) is 0 Å². The van der Waals surface area contributed by atoms with Crippen molar-refractivity contribution in [2.75, 3.05) is 0 Å². The van der Waals surface area contributed by atoms with Gasteiger partial charge in [-0.3, -0.25) is 14.9 Å². The number of para-hydroxylation sites is 1. The molecule has 4 nitrogen and oxygen atoms in total. The van der Waals surface area contributed by atoms with Crippen LogP contribution in [0.1, 0.15) is 0 Å². The van der Waals surface area contributed by atoms with Gasteiger partial charge in [0.05, 0.1) is 0 Å². The molecule has 2 amide bonds. The van der Waals surface area contributed by atoms with E-state index >= 15 is 0 Å². The second-order valence-electron chi connectivity index (χ2n) is 2.50. The van der Waals surface area contributed by atoms with E-state index in [2.05, 4.69) is 0 Å². The summed E-state index contributed by atoms with van der Waals surface area (Å²) in [6, 6.07) is 8.33. The van der Waals surface area contributed by atoms with Crippen molar-refractivity contribution in [2.45, 2.75) is 0 Å². The quantitative estimate of drug-likeness (QED) is 0.583. The predicted molar refractivity (Wildman–Crippen MR) is 48.2 cm³/mol. The Kier molecular flexibility index (Phi) is 3.43.